The highest BCUT2D eigenvalue weighted by atomic mass is 19.1. The number of pyridine rings is 1. The van der Waals surface area contributed by atoms with E-state index in [0.29, 0.717) is 5.39 Å². The zero-order chi connectivity index (χ0) is 9.97. The molecule has 0 spiro atoms. The van der Waals surface area contributed by atoms with E-state index in [-0.39, 0.29) is 5.56 Å². The summed E-state index contributed by atoms with van der Waals surface area (Å²) in [6, 6.07) is 8.78. The molecule has 0 bridgehead atoms. The lowest BCUT2D eigenvalue weighted by Gasteiger charge is -2.04. The third-order valence-corrected chi connectivity index (χ3v) is 1.97. The summed E-state index contributed by atoms with van der Waals surface area (Å²) in [6.45, 7) is -1.02. The van der Waals surface area contributed by atoms with Crippen LogP contribution in [0.1, 0.15) is 0 Å². The highest BCUT2D eigenvalue weighted by Crippen LogP contribution is 2.07. The third-order valence-electron chi connectivity index (χ3n) is 1.97. The molecular formula is C10H8FNO2. The second-order valence-corrected chi connectivity index (χ2v) is 2.77. The minimum atomic E-state index is -1.02. The summed E-state index contributed by atoms with van der Waals surface area (Å²) in [5.74, 6) is 0. The fraction of sp³-hybridized carbons (Fsp3) is 0.100. The lowest BCUT2D eigenvalue weighted by atomic mass is 10.2. The van der Waals surface area contributed by atoms with E-state index in [1.165, 1.54) is 6.20 Å². The Kier molecular flexibility index (Phi) is 2.18. The van der Waals surface area contributed by atoms with Crippen molar-refractivity contribution in [3.63, 3.8) is 0 Å². The number of benzene rings is 1. The molecular weight excluding hydrogens is 185 g/mol. The first kappa shape index (κ1) is 8.74. The van der Waals surface area contributed by atoms with Gasteiger partial charge in [0.05, 0.1) is 5.39 Å². The van der Waals surface area contributed by atoms with E-state index in [9.17, 15) is 9.18 Å². The number of alkyl halides is 1. The van der Waals surface area contributed by atoms with Gasteiger partial charge >= 0.3 is 0 Å². The van der Waals surface area contributed by atoms with E-state index in [4.69, 9.17) is 0 Å². The first-order valence-electron chi connectivity index (χ1n) is 4.12. The first-order chi connectivity index (χ1) is 6.83. The molecule has 14 heavy (non-hydrogen) atoms. The van der Waals surface area contributed by atoms with Crippen LogP contribution in [0.15, 0.2) is 41.3 Å². The maximum atomic E-state index is 11.9. The molecule has 4 heteroatoms. The van der Waals surface area contributed by atoms with Gasteiger partial charge in [0.15, 0.2) is 0 Å². The number of nitrogens with zero attached hydrogens (tertiary/aromatic N) is 1. The van der Waals surface area contributed by atoms with Crippen LogP contribution in [0.4, 0.5) is 4.39 Å². The summed E-state index contributed by atoms with van der Waals surface area (Å²) in [7, 11) is 0. The number of aromatic nitrogens is 1. The van der Waals surface area contributed by atoms with Crippen molar-refractivity contribution in [1.82, 2.24) is 4.73 Å². The van der Waals surface area contributed by atoms with Gasteiger partial charge in [-0.2, -0.15) is 0 Å². The molecule has 2 rings (SSSR count). The Bertz CT molecular complexity index is 507. The Labute approximate surface area is 79.3 Å². The summed E-state index contributed by atoms with van der Waals surface area (Å²) in [6.07, 6.45) is 1.41. The third kappa shape index (κ3) is 1.35. The Morgan fingerprint density at radius 1 is 1.29 bits per heavy atom. The molecule has 0 saturated heterocycles. The zero-order valence-electron chi connectivity index (χ0n) is 7.31. The molecule has 1 aromatic heterocycles. The summed E-state index contributed by atoms with van der Waals surface area (Å²) in [5, 5.41) is 1.33. The van der Waals surface area contributed by atoms with E-state index >= 15 is 0 Å². The van der Waals surface area contributed by atoms with E-state index < -0.39 is 6.86 Å². The van der Waals surface area contributed by atoms with Crippen LogP contribution in [-0.4, -0.2) is 11.6 Å². The van der Waals surface area contributed by atoms with E-state index in [2.05, 4.69) is 4.84 Å². The lowest BCUT2D eigenvalue weighted by Crippen LogP contribution is -2.25. The van der Waals surface area contributed by atoms with Crippen molar-refractivity contribution in [3.05, 3.63) is 46.9 Å². The van der Waals surface area contributed by atoms with Crippen LogP contribution in [-0.2, 0) is 0 Å². The summed E-state index contributed by atoms with van der Waals surface area (Å²) in [5.41, 5.74) is -0.347. The average Bonchev–Trinajstić information content (AvgIpc) is 2.23. The quantitative estimate of drug-likeness (QED) is 0.721. The Hall–Kier alpha value is -1.84. The van der Waals surface area contributed by atoms with Gasteiger partial charge < -0.3 is 4.84 Å². The van der Waals surface area contributed by atoms with Crippen LogP contribution >= 0.6 is 0 Å². The molecule has 0 aliphatic heterocycles. The first-order valence-corrected chi connectivity index (χ1v) is 4.12. The maximum absolute atomic E-state index is 11.9. The summed E-state index contributed by atoms with van der Waals surface area (Å²) >= 11 is 0. The molecule has 0 aliphatic carbocycles. The number of hydrogen-bond donors (Lipinski definition) is 0. The molecule has 0 N–H and O–H groups in total. The van der Waals surface area contributed by atoms with E-state index in [1.54, 1.807) is 18.2 Å². The van der Waals surface area contributed by atoms with Crippen molar-refractivity contribution in [2.24, 2.45) is 0 Å². The second kappa shape index (κ2) is 3.49. The van der Waals surface area contributed by atoms with Crippen LogP contribution in [0.5, 0.6) is 0 Å². The number of halogens is 1. The zero-order valence-corrected chi connectivity index (χ0v) is 7.31. The number of hydrogen-bond acceptors (Lipinski definition) is 2. The topological polar surface area (TPSA) is 31.2 Å². The standard InChI is InChI=1S/C10H8FNO2/c11-7-14-12-6-5-8-3-1-2-4-9(8)10(12)13/h1-6H,7H2. The minimum Gasteiger partial charge on any atom is -0.377 e. The molecule has 0 radical (unpaired) electrons. The van der Waals surface area contributed by atoms with Crippen LogP contribution in [0.2, 0.25) is 0 Å². The van der Waals surface area contributed by atoms with Crippen LogP contribution < -0.4 is 10.4 Å². The molecule has 0 atom stereocenters. The van der Waals surface area contributed by atoms with Crippen molar-refractivity contribution in [3.8, 4) is 0 Å². The SMILES string of the molecule is O=c1c2ccccc2ccn1OCF. The number of rotatable bonds is 2. The fourth-order valence-electron chi connectivity index (χ4n) is 1.33. The largest absolute Gasteiger partial charge is 0.377 e. The monoisotopic (exact) mass is 193 g/mol. The lowest BCUT2D eigenvalue weighted by molar-refractivity contribution is 0.0370. The van der Waals surface area contributed by atoms with Gasteiger partial charge in [0.2, 0.25) is 0 Å². The normalized spacial score (nSPS) is 10.4. The second-order valence-electron chi connectivity index (χ2n) is 2.77. The molecule has 0 fully saturated rings. The van der Waals surface area contributed by atoms with Crippen LogP contribution in [0, 0.1) is 0 Å². The van der Waals surface area contributed by atoms with Crippen molar-refractivity contribution in [2.75, 3.05) is 6.86 Å². The van der Waals surface area contributed by atoms with Crippen molar-refractivity contribution in [2.45, 2.75) is 0 Å². The fourth-order valence-corrected chi connectivity index (χ4v) is 1.33. The minimum absolute atomic E-state index is 0.347. The molecule has 2 aromatic rings. The molecule has 1 aromatic carbocycles. The number of fused-ring (bicyclic) bond motifs is 1. The van der Waals surface area contributed by atoms with Crippen molar-refractivity contribution < 1.29 is 9.23 Å². The van der Waals surface area contributed by atoms with Gasteiger partial charge in [-0.05, 0) is 17.5 Å². The highest BCUT2D eigenvalue weighted by molar-refractivity contribution is 5.80. The van der Waals surface area contributed by atoms with E-state index in [0.717, 1.165) is 10.1 Å². The van der Waals surface area contributed by atoms with Crippen molar-refractivity contribution in [1.29, 1.82) is 0 Å². The van der Waals surface area contributed by atoms with Gasteiger partial charge in [0.1, 0.15) is 0 Å². The predicted molar refractivity (Wildman–Crippen MR) is 50.8 cm³/mol. The highest BCUT2D eigenvalue weighted by Gasteiger charge is 2.01. The van der Waals surface area contributed by atoms with Gasteiger partial charge in [-0.15, -0.1) is 4.73 Å². The van der Waals surface area contributed by atoms with Gasteiger partial charge in [0, 0.05) is 6.20 Å². The molecule has 72 valence electrons. The Morgan fingerprint density at radius 3 is 2.86 bits per heavy atom. The van der Waals surface area contributed by atoms with Crippen molar-refractivity contribution >= 4 is 10.8 Å². The average molecular weight is 193 g/mol. The predicted octanol–water partition coefficient (Wildman–Crippen LogP) is 1.36. The van der Waals surface area contributed by atoms with Gasteiger partial charge in [-0.3, -0.25) is 4.79 Å². The molecule has 0 aliphatic rings. The maximum Gasteiger partial charge on any atom is 0.290 e. The Balaban J connectivity index is 2.69. The summed E-state index contributed by atoms with van der Waals surface area (Å²) < 4.78 is 12.8. The van der Waals surface area contributed by atoms with E-state index in [1.807, 2.05) is 12.1 Å². The van der Waals surface area contributed by atoms with Gasteiger partial charge in [-0.25, -0.2) is 4.39 Å². The van der Waals surface area contributed by atoms with Crippen LogP contribution in [0.3, 0.4) is 0 Å². The molecule has 0 amide bonds. The summed E-state index contributed by atoms with van der Waals surface area (Å²) in [4.78, 5) is 16.1. The molecule has 0 unspecified atom stereocenters. The van der Waals surface area contributed by atoms with Gasteiger partial charge in [-0.1, -0.05) is 18.2 Å². The van der Waals surface area contributed by atoms with Crippen LogP contribution in [0.25, 0.3) is 10.8 Å². The Morgan fingerprint density at radius 2 is 2.07 bits per heavy atom. The van der Waals surface area contributed by atoms with Gasteiger partial charge in [0.25, 0.3) is 12.4 Å². The smallest absolute Gasteiger partial charge is 0.290 e. The molecule has 1 heterocycles. The molecule has 3 nitrogen and oxygen atoms in total. The molecule has 0 saturated carbocycles.